The van der Waals surface area contributed by atoms with E-state index in [-0.39, 0.29) is 9.85 Å². The zero-order valence-corrected chi connectivity index (χ0v) is 11.7. The van der Waals surface area contributed by atoms with E-state index >= 15 is 0 Å². The van der Waals surface area contributed by atoms with Crippen molar-refractivity contribution in [3.63, 3.8) is 0 Å². The average molecular weight is 310 g/mol. The number of rotatable bonds is 6. The molecule has 1 heterocycles. The Kier molecular flexibility index (Phi) is 4.94. The summed E-state index contributed by atoms with van der Waals surface area (Å²) in [6, 6.07) is 1.42. The van der Waals surface area contributed by atoms with Gasteiger partial charge in [-0.05, 0) is 18.4 Å². The van der Waals surface area contributed by atoms with Gasteiger partial charge in [0.05, 0.1) is 6.20 Å². The minimum Gasteiger partial charge on any atom is -0.266 e. The second-order valence-corrected chi connectivity index (χ2v) is 7.03. The second-order valence-electron chi connectivity index (χ2n) is 4.00. The molecular weight excluding hydrogens is 294 g/mol. The van der Waals surface area contributed by atoms with E-state index in [9.17, 15) is 8.42 Å². The molecule has 0 aromatic carbocycles. The van der Waals surface area contributed by atoms with E-state index in [0.717, 1.165) is 6.42 Å². The third-order valence-corrected chi connectivity index (χ3v) is 4.04. The van der Waals surface area contributed by atoms with Crippen LogP contribution in [0.1, 0.15) is 20.3 Å². The first-order valence-corrected chi connectivity index (χ1v) is 7.45. The standard InChI is InChI=1S/C9H16BrN3O2S/c1-7(2)5-8(10)6-12-16(14,15)9-3-4-11-13-9/h3-4,7-8,12H,5-6H2,1-2H3,(H,11,13). The molecule has 0 saturated heterocycles. The van der Waals surface area contributed by atoms with Gasteiger partial charge in [0.1, 0.15) is 0 Å². The quantitative estimate of drug-likeness (QED) is 0.782. The van der Waals surface area contributed by atoms with Crippen molar-refractivity contribution in [2.24, 2.45) is 5.92 Å². The first-order chi connectivity index (χ1) is 7.42. The molecule has 2 N–H and O–H groups in total. The van der Waals surface area contributed by atoms with Crippen molar-refractivity contribution in [1.82, 2.24) is 14.9 Å². The smallest absolute Gasteiger partial charge is 0.257 e. The summed E-state index contributed by atoms with van der Waals surface area (Å²) in [6.45, 7) is 4.56. The van der Waals surface area contributed by atoms with E-state index in [2.05, 4.69) is 44.7 Å². The van der Waals surface area contributed by atoms with Gasteiger partial charge in [-0.1, -0.05) is 29.8 Å². The maximum absolute atomic E-state index is 11.7. The van der Waals surface area contributed by atoms with Crippen LogP contribution >= 0.6 is 15.9 Å². The Hall–Kier alpha value is -0.400. The van der Waals surface area contributed by atoms with Crippen molar-refractivity contribution >= 4 is 26.0 Å². The summed E-state index contributed by atoms with van der Waals surface area (Å²) in [6.07, 6.45) is 2.33. The molecule has 0 bridgehead atoms. The number of sulfonamides is 1. The van der Waals surface area contributed by atoms with E-state index in [1.807, 2.05) is 0 Å². The maximum Gasteiger partial charge on any atom is 0.257 e. The highest BCUT2D eigenvalue weighted by molar-refractivity contribution is 9.09. The summed E-state index contributed by atoms with van der Waals surface area (Å²) >= 11 is 3.44. The summed E-state index contributed by atoms with van der Waals surface area (Å²) < 4.78 is 25.9. The predicted octanol–water partition coefficient (Wildman–Crippen LogP) is 1.50. The fraction of sp³-hybridized carbons (Fsp3) is 0.667. The number of hydrogen-bond acceptors (Lipinski definition) is 3. The fourth-order valence-electron chi connectivity index (χ4n) is 1.27. The van der Waals surface area contributed by atoms with Crippen molar-refractivity contribution < 1.29 is 8.42 Å². The zero-order valence-electron chi connectivity index (χ0n) is 9.27. The third-order valence-electron chi connectivity index (χ3n) is 1.99. The minimum atomic E-state index is -3.45. The van der Waals surface area contributed by atoms with Crippen LogP contribution in [-0.2, 0) is 10.0 Å². The molecule has 1 unspecified atom stereocenters. The number of nitrogens with zero attached hydrogens (tertiary/aromatic N) is 1. The highest BCUT2D eigenvalue weighted by Gasteiger charge is 2.17. The molecule has 0 aliphatic carbocycles. The normalized spacial score (nSPS) is 14.2. The molecule has 0 fully saturated rings. The largest absolute Gasteiger partial charge is 0.266 e. The van der Waals surface area contributed by atoms with Crippen molar-refractivity contribution in [3.05, 3.63) is 12.3 Å². The molecule has 1 aromatic heterocycles. The summed E-state index contributed by atoms with van der Waals surface area (Å²) in [7, 11) is -3.45. The van der Waals surface area contributed by atoms with Crippen LogP contribution in [0, 0.1) is 5.92 Å². The first kappa shape index (κ1) is 13.7. The lowest BCUT2D eigenvalue weighted by molar-refractivity contribution is 0.549. The monoisotopic (exact) mass is 309 g/mol. The van der Waals surface area contributed by atoms with E-state index in [1.54, 1.807) is 0 Å². The molecule has 0 aliphatic rings. The Bertz CT molecular complexity index is 402. The average Bonchev–Trinajstić information content (AvgIpc) is 2.67. The summed E-state index contributed by atoms with van der Waals surface area (Å²) in [5.41, 5.74) is 0. The topological polar surface area (TPSA) is 74.8 Å². The van der Waals surface area contributed by atoms with Gasteiger partial charge in [0.15, 0.2) is 5.03 Å². The third kappa shape index (κ3) is 4.23. The summed E-state index contributed by atoms with van der Waals surface area (Å²) in [5.74, 6) is 0.529. The van der Waals surface area contributed by atoms with Crippen molar-refractivity contribution in [2.75, 3.05) is 6.54 Å². The maximum atomic E-state index is 11.7. The van der Waals surface area contributed by atoms with Crippen LogP contribution in [0.2, 0.25) is 0 Å². The van der Waals surface area contributed by atoms with Crippen LogP contribution in [-0.4, -0.2) is 30.0 Å². The molecular formula is C9H16BrN3O2S. The minimum absolute atomic E-state index is 0.0942. The molecule has 0 saturated carbocycles. The summed E-state index contributed by atoms with van der Waals surface area (Å²) in [4.78, 5) is 0.144. The Morgan fingerprint density at radius 1 is 1.56 bits per heavy atom. The first-order valence-electron chi connectivity index (χ1n) is 5.05. The second kappa shape index (κ2) is 5.79. The number of halogens is 1. The van der Waals surface area contributed by atoms with Gasteiger partial charge < -0.3 is 0 Å². The molecule has 0 spiro atoms. The van der Waals surface area contributed by atoms with Gasteiger partial charge in [0, 0.05) is 11.4 Å². The molecule has 0 radical (unpaired) electrons. The van der Waals surface area contributed by atoms with Crippen molar-refractivity contribution in [3.8, 4) is 0 Å². The van der Waals surface area contributed by atoms with Crippen molar-refractivity contribution in [2.45, 2.75) is 30.1 Å². The van der Waals surface area contributed by atoms with Gasteiger partial charge in [-0.25, -0.2) is 13.1 Å². The zero-order chi connectivity index (χ0) is 12.2. The number of aromatic amines is 1. The van der Waals surface area contributed by atoms with Crippen LogP contribution < -0.4 is 4.72 Å². The molecule has 1 rings (SSSR count). The Morgan fingerprint density at radius 3 is 2.75 bits per heavy atom. The Morgan fingerprint density at radius 2 is 2.25 bits per heavy atom. The highest BCUT2D eigenvalue weighted by Crippen LogP contribution is 2.12. The molecule has 5 nitrogen and oxygen atoms in total. The van der Waals surface area contributed by atoms with Crippen LogP contribution in [0.25, 0.3) is 0 Å². The lowest BCUT2D eigenvalue weighted by atomic mass is 10.1. The van der Waals surface area contributed by atoms with Gasteiger partial charge in [0.25, 0.3) is 10.0 Å². The van der Waals surface area contributed by atoms with Gasteiger partial charge in [0.2, 0.25) is 0 Å². The van der Waals surface area contributed by atoms with Crippen LogP contribution in [0.3, 0.4) is 0 Å². The number of alkyl halides is 1. The predicted molar refractivity (Wildman–Crippen MR) is 65.9 cm³/mol. The van der Waals surface area contributed by atoms with Gasteiger partial charge in [-0.2, -0.15) is 5.10 Å². The van der Waals surface area contributed by atoms with Crippen LogP contribution in [0.5, 0.6) is 0 Å². The van der Waals surface area contributed by atoms with Crippen LogP contribution in [0.4, 0.5) is 0 Å². The molecule has 1 aromatic rings. The SMILES string of the molecule is CC(C)CC(Br)CNS(=O)(=O)c1ccn[nH]1. The van der Waals surface area contributed by atoms with Gasteiger partial charge >= 0.3 is 0 Å². The lowest BCUT2D eigenvalue weighted by Gasteiger charge is -2.12. The molecule has 0 aliphatic heterocycles. The van der Waals surface area contributed by atoms with E-state index in [0.29, 0.717) is 12.5 Å². The fourth-order valence-corrected chi connectivity index (χ4v) is 3.38. The Labute approximate surface area is 104 Å². The van der Waals surface area contributed by atoms with E-state index < -0.39 is 10.0 Å². The molecule has 1 atom stereocenters. The molecule has 92 valence electrons. The highest BCUT2D eigenvalue weighted by atomic mass is 79.9. The molecule has 16 heavy (non-hydrogen) atoms. The number of nitrogens with one attached hydrogen (secondary N) is 2. The van der Waals surface area contributed by atoms with E-state index in [4.69, 9.17) is 0 Å². The molecule has 7 heteroatoms. The number of aromatic nitrogens is 2. The summed E-state index contributed by atoms with van der Waals surface area (Å²) in [5, 5.41) is 6.13. The molecule has 0 amide bonds. The van der Waals surface area contributed by atoms with Gasteiger partial charge in [-0.3, -0.25) is 5.10 Å². The van der Waals surface area contributed by atoms with Crippen molar-refractivity contribution in [1.29, 1.82) is 0 Å². The number of hydrogen-bond donors (Lipinski definition) is 2. The van der Waals surface area contributed by atoms with Gasteiger partial charge in [-0.15, -0.1) is 0 Å². The van der Waals surface area contributed by atoms with Crippen LogP contribution in [0.15, 0.2) is 17.3 Å². The lowest BCUT2D eigenvalue weighted by Crippen LogP contribution is -2.30. The van der Waals surface area contributed by atoms with E-state index in [1.165, 1.54) is 12.3 Å². The Balaban J connectivity index is 2.49. The number of H-pyrrole nitrogens is 1.